The van der Waals surface area contributed by atoms with Crippen LogP contribution in [0.1, 0.15) is 18.1 Å². The van der Waals surface area contributed by atoms with Crippen molar-refractivity contribution in [3.63, 3.8) is 0 Å². The number of Topliss-reactive ketones (excluding diaryl/α,β-unsaturated/α-hetero) is 1. The molecule has 0 saturated heterocycles. The van der Waals surface area contributed by atoms with Crippen LogP contribution in [0.4, 0.5) is 18.9 Å². The smallest absolute Gasteiger partial charge is 0.300 e. The minimum Gasteiger partial charge on any atom is -0.300 e. The Kier molecular flexibility index (Phi) is 6.49. The van der Waals surface area contributed by atoms with Crippen molar-refractivity contribution in [1.82, 2.24) is 9.88 Å². The molecule has 0 spiro atoms. The molecule has 140 valence electrons. The largest absolute Gasteiger partial charge is 0.417 e. The molecule has 0 aliphatic rings. The molecule has 2 aromatic rings. The highest BCUT2D eigenvalue weighted by Gasteiger charge is 2.30. The molecule has 0 aliphatic heterocycles. The summed E-state index contributed by atoms with van der Waals surface area (Å²) in [6.45, 7) is 2.36. The molecular formula is C17H18F3N3O2S. The van der Waals surface area contributed by atoms with Gasteiger partial charge in [0.2, 0.25) is 0 Å². The Bertz CT molecular complexity index is 795. The Morgan fingerprint density at radius 3 is 2.58 bits per heavy atom. The molecule has 0 fully saturated rings. The summed E-state index contributed by atoms with van der Waals surface area (Å²) in [5.41, 5.74) is 0.545. The van der Waals surface area contributed by atoms with Crippen LogP contribution >= 0.6 is 0 Å². The number of anilines is 1. The highest BCUT2D eigenvalue weighted by Crippen LogP contribution is 2.28. The fourth-order valence-electron chi connectivity index (χ4n) is 2.30. The van der Waals surface area contributed by atoms with E-state index in [1.54, 1.807) is 18.2 Å². The highest BCUT2D eigenvalue weighted by molar-refractivity contribution is 7.86. The van der Waals surface area contributed by atoms with Crippen molar-refractivity contribution in [3.8, 4) is 0 Å². The first-order chi connectivity index (χ1) is 12.1. The van der Waals surface area contributed by atoms with Crippen molar-refractivity contribution >= 4 is 22.5 Å². The Balaban J connectivity index is 2.05. The number of likely N-dealkylation sites (N-methyl/N-ethyl adjacent to an activating group) is 1. The van der Waals surface area contributed by atoms with Gasteiger partial charge in [-0.05, 0) is 43.8 Å². The van der Waals surface area contributed by atoms with Gasteiger partial charge in [0.1, 0.15) is 10.8 Å². The normalized spacial score (nSPS) is 12.8. The standard InChI is InChI=1S/C17H18F3N3O2S/c1-12(24)10-23(2)11-13-4-3-5-15(8-13)22-26(25)16-7-6-14(9-21-16)17(18,19)20/h3-9,22H,10-11H2,1-2H3. The van der Waals surface area contributed by atoms with Gasteiger partial charge >= 0.3 is 6.18 Å². The number of benzene rings is 1. The van der Waals surface area contributed by atoms with Gasteiger partial charge in [-0.25, -0.2) is 9.19 Å². The van der Waals surface area contributed by atoms with Crippen molar-refractivity contribution in [3.05, 3.63) is 53.7 Å². The van der Waals surface area contributed by atoms with Crippen molar-refractivity contribution < 1.29 is 22.2 Å². The van der Waals surface area contributed by atoms with Gasteiger partial charge in [-0.15, -0.1) is 0 Å². The van der Waals surface area contributed by atoms with Gasteiger partial charge in [0.15, 0.2) is 11.0 Å². The summed E-state index contributed by atoms with van der Waals surface area (Å²) in [7, 11) is 0.0156. The first kappa shape index (κ1) is 20.1. The van der Waals surface area contributed by atoms with Crippen LogP contribution in [0, 0.1) is 0 Å². The first-order valence-corrected chi connectivity index (χ1v) is 8.79. The molecule has 0 radical (unpaired) electrons. The summed E-state index contributed by atoms with van der Waals surface area (Å²) in [5, 5.41) is -0.00268. The van der Waals surface area contributed by atoms with E-state index >= 15 is 0 Å². The number of halogens is 3. The van der Waals surface area contributed by atoms with E-state index in [4.69, 9.17) is 0 Å². The lowest BCUT2D eigenvalue weighted by molar-refractivity contribution is -0.137. The number of nitrogens with zero attached hydrogens (tertiary/aromatic N) is 2. The summed E-state index contributed by atoms with van der Waals surface area (Å²) in [6, 6.07) is 9.00. The van der Waals surface area contributed by atoms with Gasteiger partial charge in [0, 0.05) is 18.4 Å². The molecule has 1 aromatic heterocycles. The second kappa shape index (κ2) is 8.41. The average Bonchev–Trinajstić information content (AvgIpc) is 2.53. The molecule has 1 aromatic carbocycles. The summed E-state index contributed by atoms with van der Waals surface area (Å²) in [6.07, 6.45) is -3.83. The zero-order valence-electron chi connectivity index (χ0n) is 14.2. The van der Waals surface area contributed by atoms with Crippen molar-refractivity contribution in [2.45, 2.75) is 24.7 Å². The van der Waals surface area contributed by atoms with E-state index in [-0.39, 0.29) is 10.8 Å². The number of nitrogens with one attached hydrogen (secondary N) is 1. The molecule has 5 nitrogen and oxygen atoms in total. The maximum absolute atomic E-state index is 12.5. The Labute approximate surface area is 151 Å². The SMILES string of the molecule is CC(=O)CN(C)Cc1cccc(NS(=O)c2ccc(C(F)(F)F)cn2)c1. The van der Waals surface area contributed by atoms with Crippen molar-refractivity contribution in [2.24, 2.45) is 0 Å². The predicted molar refractivity (Wildman–Crippen MR) is 92.7 cm³/mol. The van der Waals surface area contributed by atoms with E-state index in [1.165, 1.54) is 6.92 Å². The highest BCUT2D eigenvalue weighted by atomic mass is 32.2. The summed E-state index contributed by atoms with van der Waals surface area (Å²) in [5.74, 6) is 0.0521. The zero-order chi connectivity index (χ0) is 19.3. The number of pyridine rings is 1. The summed E-state index contributed by atoms with van der Waals surface area (Å²) in [4.78, 5) is 16.6. The number of alkyl halides is 3. The van der Waals surface area contributed by atoms with E-state index in [0.717, 1.165) is 17.7 Å². The fraction of sp³-hybridized carbons (Fsp3) is 0.294. The van der Waals surface area contributed by atoms with E-state index in [1.807, 2.05) is 18.0 Å². The lowest BCUT2D eigenvalue weighted by Crippen LogP contribution is -2.23. The second-order valence-electron chi connectivity index (χ2n) is 5.83. The average molecular weight is 385 g/mol. The van der Waals surface area contributed by atoms with Gasteiger partial charge in [-0.1, -0.05) is 12.1 Å². The lowest BCUT2D eigenvalue weighted by atomic mass is 10.2. The van der Waals surface area contributed by atoms with Crippen molar-refractivity contribution in [2.75, 3.05) is 18.3 Å². The molecule has 0 amide bonds. The number of ketones is 1. The van der Waals surface area contributed by atoms with E-state index in [0.29, 0.717) is 25.0 Å². The van der Waals surface area contributed by atoms with Gasteiger partial charge in [0.05, 0.1) is 12.1 Å². The lowest BCUT2D eigenvalue weighted by Gasteiger charge is -2.15. The molecule has 0 saturated carbocycles. The van der Waals surface area contributed by atoms with Crippen LogP contribution < -0.4 is 4.72 Å². The summed E-state index contributed by atoms with van der Waals surface area (Å²) < 4.78 is 52.6. The third kappa shape index (κ3) is 5.92. The number of carbonyl (C=O) groups excluding carboxylic acids is 1. The van der Waals surface area contributed by atoms with Crippen LogP contribution in [0.2, 0.25) is 0 Å². The minimum atomic E-state index is -4.49. The summed E-state index contributed by atoms with van der Waals surface area (Å²) >= 11 is 0. The molecule has 1 unspecified atom stereocenters. The van der Waals surface area contributed by atoms with E-state index < -0.39 is 22.7 Å². The molecule has 0 aliphatic carbocycles. The van der Waals surface area contributed by atoms with E-state index in [2.05, 4.69) is 9.71 Å². The van der Waals surface area contributed by atoms with Crippen LogP contribution in [-0.2, 0) is 28.5 Å². The van der Waals surface area contributed by atoms with Crippen molar-refractivity contribution in [1.29, 1.82) is 0 Å². The fourth-order valence-corrected chi connectivity index (χ4v) is 3.08. The van der Waals surface area contributed by atoms with Gasteiger partial charge in [-0.2, -0.15) is 13.2 Å². The Morgan fingerprint density at radius 1 is 1.27 bits per heavy atom. The zero-order valence-corrected chi connectivity index (χ0v) is 15.0. The molecule has 1 N–H and O–H groups in total. The molecule has 1 heterocycles. The maximum Gasteiger partial charge on any atom is 0.417 e. The molecule has 26 heavy (non-hydrogen) atoms. The molecule has 2 rings (SSSR count). The second-order valence-corrected chi connectivity index (χ2v) is 6.99. The molecule has 9 heteroatoms. The predicted octanol–water partition coefficient (Wildman–Crippen LogP) is 3.26. The maximum atomic E-state index is 12.5. The third-order valence-corrected chi connectivity index (χ3v) is 4.38. The Hall–Kier alpha value is -2.26. The minimum absolute atomic E-state index is 0.00268. The number of carbonyl (C=O) groups is 1. The van der Waals surface area contributed by atoms with Crippen LogP contribution in [0.25, 0.3) is 0 Å². The molecule has 0 bridgehead atoms. The topological polar surface area (TPSA) is 62.3 Å². The first-order valence-electron chi connectivity index (χ1n) is 7.64. The van der Waals surface area contributed by atoms with Crippen LogP contribution in [0.5, 0.6) is 0 Å². The molecule has 1 atom stereocenters. The number of hydrogen-bond acceptors (Lipinski definition) is 4. The number of aromatic nitrogens is 1. The molecular weight excluding hydrogens is 367 g/mol. The van der Waals surface area contributed by atoms with Crippen LogP contribution in [-0.4, -0.2) is 33.5 Å². The number of hydrogen-bond donors (Lipinski definition) is 1. The van der Waals surface area contributed by atoms with Crippen LogP contribution in [0.15, 0.2) is 47.6 Å². The van der Waals surface area contributed by atoms with E-state index in [9.17, 15) is 22.2 Å². The monoisotopic (exact) mass is 385 g/mol. The van der Waals surface area contributed by atoms with Crippen LogP contribution in [0.3, 0.4) is 0 Å². The van der Waals surface area contributed by atoms with Gasteiger partial charge in [0.25, 0.3) is 0 Å². The quantitative estimate of drug-likeness (QED) is 0.795. The Morgan fingerprint density at radius 2 is 2.00 bits per heavy atom. The van der Waals surface area contributed by atoms with Gasteiger partial charge < -0.3 is 0 Å². The third-order valence-electron chi connectivity index (χ3n) is 3.34. The van der Waals surface area contributed by atoms with Gasteiger partial charge in [-0.3, -0.25) is 14.4 Å². The number of rotatable bonds is 7.